The fourth-order valence-corrected chi connectivity index (χ4v) is 5.68. The van der Waals surface area contributed by atoms with Gasteiger partial charge in [-0.3, -0.25) is 14.6 Å². The minimum absolute atomic E-state index is 0. The van der Waals surface area contributed by atoms with Gasteiger partial charge in [0.15, 0.2) is 5.76 Å². The van der Waals surface area contributed by atoms with Crippen LogP contribution < -0.4 is 5.32 Å². The smallest absolute Gasteiger partial charge is 0.269 e. The van der Waals surface area contributed by atoms with Crippen LogP contribution in [0.2, 0.25) is 0 Å². The highest BCUT2D eigenvalue weighted by molar-refractivity contribution is 6.39. The summed E-state index contributed by atoms with van der Waals surface area (Å²) in [5.41, 5.74) is 2.75. The van der Waals surface area contributed by atoms with Crippen molar-refractivity contribution in [1.82, 2.24) is 25.2 Å². The molecule has 0 aliphatic carbocycles. The van der Waals surface area contributed by atoms with Crippen LogP contribution in [-0.2, 0) is 9.63 Å². The van der Waals surface area contributed by atoms with E-state index in [1.165, 1.54) is 12.5 Å². The normalized spacial score (nSPS) is 16.7. The van der Waals surface area contributed by atoms with Gasteiger partial charge < -0.3 is 23.9 Å². The van der Waals surface area contributed by atoms with E-state index in [2.05, 4.69) is 37.4 Å². The summed E-state index contributed by atoms with van der Waals surface area (Å²) in [6.07, 6.45) is 9.87. The van der Waals surface area contributed by atoms with Crippen molar-refractivity contribution in [3.8, 4) is 11.3 Å². The molecule has 0 bridgehead atoms. The number of unbranched alkanes of at least 4 members (excludes halogenated alkanes) is 2. The van der Waals surface area contributed by atoms with E-state index in [1.54, 1.807) is 6.20 Å². The summed E-state index contributed by atoms with van der Waals surface area (Å²) in [6, 6.07) is 9.50. The molecule has 3 aromatic heterocycles. The van der Waals surface area contributed by atoms with Crippen LogP contribution in [0, 0.1) is 6.92 Å². The van der Waals surface area contributed by atoms with E-state index in [9.17, 15) is 9.59 Å². The molecule has 1 spiro atoms. The van der Waals surface area contributed by atoms with Gasteiger partial charge in [0.1, 0.15) is 23.6 Å². The average molecular weight is 621 g/mol. The number of amides is 1. The van der Waals surface area contributed by atoms with Gasteiger partial charge in [-0.2, -0.15) is 0 Å². The Morgan fingerprint density at radius 3 is 2.73 bits per heavy atom. The standard InChI is InChI=1S/C32H36N6O5.ClH/c1-21-8-9-22-18-23(10-11-24(22)35-21)28-20-34-30(42-28)25(6-4-3-5-7-27(39)31-33-14-17-41-31)36-29(40)26-19-32(43-37-26)12-15-38(2)16-13-32;/h8-11,14,17-18,20,25H,3-7,12-13,15-16,19H2,1-2H3,(H,36,40);1H. The maximum absolute atomic E-state index is 13.4. The van der Waals surface area contributed by atoms with Crippen LogP contribution in [0.3, 0.4) is 0 Å². The molecule has 12 heteroatoms. The average Bonchev–Trinajstić information content (AvgIpc) is 3.80. The predicted molar refractivity (Wildman–Crippen MR) is 167 cm³/mol. The molecule has 0 radical (unpaired) electrons. The first kappa shape index (κ1) is 31.3. The summed E-state index contributed by atoms with van der Waals surface area (Å²) >= 11 is 0. The molecule has 2 aliphatic heterocycles. The third-order valence-corrected chi connectivity index (χ3v) is 8.31. The van der Waals surface area contributed by atoms with Crippen molar-refractivity contribution in [3.63, 3.8) is 0 Å². The third kappa shape index (κ3) is 7.16. The van der Waals surface area contributed by atoms with Gasteiger partial charge in [0.05, 0.1) is 17.9 Å². The van der Waals surface area contributed by atoms with Crippen LogP contribution in [0.25, 0.3) is 22.2 Å². The van der Waals surface area contributed by atoms with Gasteiger partial charge in [0.2, 0.25) is 11.7 Å². The van der Waals surface area contributed by atoms with Crippen LogP contribution in [-0.4, -0.2) is 63.0 Å². The fourth-order valence-electron chi connectivity index (χ4n) is 5.68. The number of rotatable bonds is 11. The zero-order valence-electron chi connectivity index (χ0n) is 25.0. The Hall–Kier alpha value is -4.09. The van der Waals surface area contributed by atoms with Crippen LogP contribution in [0.1, 0.15) is 79.7 Å². The number of aryl methyl sites for hydroxylation is 1. The Morgan fingerprint density at radius 2 is 1.93 bits per heavy atom. The number of Topliss-reactive ketones (excluding diaryl/α,β-unsaturated/α-hetero) is 1. The second-order valence-electron chi connectivity index (χ2n) is 11.6. The van der Waals surface area contributed by atoms with Crippen LogP contribution in [0.4, 0.5) is 0 Å². The fraction of sp³-hybridized carbons (Fsp3) is 0.438. The molecule has 1 amide bonds. The molecule has 6 rings (SSSR count). The first-order chi connectivity index (χ1) is 20.9. The number of nitrogens with zero attached hydrogens (tertiary/aromatic N) is 5. The van der Waals surface area contributed by atoms with E-state index < -0.39 is 11.6 Å². The number of carbonyl (C=O) groups is 2. The maximum atomic E-state index is 13.4. The minimum atomic E-state index is -0.467. The van der Waals surface area contributed by atoms with Crippen molar-refractivity contribution < 1.29 is 23.3 Å². The molecule has 1 aromatic carbocycles. The molecule has 5 heterocycles. The van der Waals surface area contributed by atoms with Gasteiger partial charge in [0, 0.05) is 55.4 Å². The Morgan fingerprint density at radius 1 is 1.09 bits per heavy atom. The molecule has 0 saturated carbocycles. The quantitative estimate of drug-likeness (QED) is 0.162. The monoisotopic (exact) mass is 620 g/mol. The Labute approximate surface area is 261 Å². The molecule has 1 N–H and O–H groups in total. The van der Waals surface area contributed by atoms with Crippen LogP contribution in [0.15, 0.2) is 63.0 Å². The number of hydrogen-bond donors (Lipinski definition) is 1. The van der Waals surface area contributed by atoms with Crippen molar-refractivity contribution >= 4 is 40.7 Å². The summed E-state index contributed by atoms with van der Waals surface area (Å²) in [5.74, 6) is 0.788. The molecule has 11 nitrogen and oxygen atoms in total. The highest BCUT2D eigenvalue weighted by Gasteiger charge is 2.43. The second-order valence-corrected chi connectivity index (χ2v) is 11.6. The number of nitrogens with one attached hydrogen (secondary N) is 1. The molecular weight excluding hydrogens is 584 g/mol. The molecule has 1 unspecified atom stereocenters. The number of fused-ring (bicyclic) bond motifs is 1. The van der Waals surface area contributed by atoms with E-state index in [0.29, 0.717) is 43.0 Å². The SMILES string of the molecule is Cc1ccc2cc(-c3cnc(C(CCCCCC(=O)c4ncco4)NC(=O)C4=NOC5(CCN(C)CC5)C4)o3)ccc2n1.Cl. The zero-order chi connectivity index (χ0) is 29.8. The van der Waals surface area contributed by atoms with Crippen molar-refractivity contribution in [3.05, 3.63) is 66.5 Å². The van der Waals surface area contributed by atoms with Crippen LogP contribution in [0.5, 0.6) is 0 Å². The predicted octanol–water partition coefficient (Wildman–Crippen LogP) is 5.84. The molecule has 1 atom stereocenters. The lowest BCUT2D eigenvalue weighted by atomic mass is 9.87. The van der Waals surface area contributed by atoms with Crippen molar-refractivity contribution in [2.45, 2.75) is 69.9 Å². The van der Waals surface area contributed by atoms with E-state index in [1.807, 2.05) is 37.3 Å². The lowest BCUT2D eigenvalue weighted by Gasteiger charge is -2.35. The minimum Gasteiger partial charge on any atom is -0.442 e. The van der Waals surface area contributed by atoms with E-state index in [4.69, 9.17) is 13.7 Å². The van der Waals surface area contributed by atoms with Gasteiger partial charge in [0.25, 0.3) is 11.8 Å². The zero-order valence-corrected chi connectivity index (χ0v) is 25.8. The number of pyridine rings is 1. The molecule has 1 saturated heterocycles. The van der Waals surface area contributed by atoms with Gasteiger partial charge in [-0.05, 0) is 51.1 Å². The molecule has 4 aromatic rings. The Bertz CT molecular complexity index is 1630. The number of piperidine rings is 1. The maximum Gasteiger partial charge on any atom is 0.269 e. The van der Waals surface area contributed by atoms with Crippen molar-refractivity contribution in [1.29, 1.82) is 0 Å². The number of likely N-dealkylation sites (tertiary alicyclic amines) is 1. The van der Waals surface area contributed by atoms with Gasteiger partial charge in [-0.1, -0.05) is 24.1 Å². The number of benzene rings is 1. The number of oxime groups is 1. The summed E-state index contributed by atoms with van der Waals surface area (Å²) in [5, 5.41) is 8.32. The molecule has 232 valence electrons. The Kier molecular flexibility index (Phi) is 9.75. The topological polar surface area (TPSA) is 136 Å². The third-order valence-electron chi connectivity index (χ3n) is 8.31. The number of ketones is 1. The first-order valence-electron chi connectivity index (χ1n) is 14.9. The van der Waals surface area contributed by atoms with Crippen molar-refractivity contribution in [2.24, 2.45) is 5.16 Å². The Balaban J connectivity index is 0.00000384. The van der Waals surface area contributed by atoms with E-state index in [0.717, 1.165) is 60.9 Å². The van der Waals surface area contributed by atoms with Crippen LogP contribution >= 0.6 is 12.4 Å². The molecule has 44 heavy (non-hydrogen) atoms. The number of aromatic nitrogens is 3. The molecule has 2 aliphatic rings. The van der Waals surface area contributed by atoms with Gasteiger partial charge in [-0.25, -0.2) is 9.97 Å². The number of halogens is 1. The lowest BCUT2D eigenvalue weighted by molar-refractivity contribution is -0.115. The highest BCUT2D eigenvalue weighted by atomic mass is 35.5. The lowest BCUT2D eigenvalue weighted by Crippen LogP contribution is -2.44. The molecular formula is C32H37ClN6O5. The number of carbonyl (C=O) groups excluding carboxylic acids is 2. The van der Waals surface area contributed by atoms with Gasteiger partial charge in [-0.15, -0.1) is 12.4 Å². The summed E-state index contributed by atoms with van der Waals surface area (Å²) in [7, 11) is 2.09. The summed E-state index contributed by atoms with van der Waals surface area (Å²) in [4.78, 5) is 46.8. The highest BCUT2D eigenvalue weighted by Crippen LogP contribution is 2.35. The largest absolute Gasteiger partial charge is 0.442 e. The number of hydrogen-bond acceptors (Lipinski definition) is 10. The first-order valence-corrected chi connectivity index (χ1v) is 14.9. The second kappa shape index (κ2) is 13.7. The van der Waals surface area contributed by atoms with Gasteiger partial charge >= 0.3 is 0 Å². The summed E-state index contributed by atoms with van der Waals surface area (Å²) < 4.78 is 11.3. The van der Waals surface area contributed by atoms with E-state index >= 15 is 0 Å². The van der Waals surface area contributed by atoms with Crippen molar-refractivity contribution in [2.75, 3.05) is 20.1 Å². The molecule has 1 fully saturated rings. The van der Waals surface area contributed by atoms with E-state index in [-0.39, 0.29) is 30.0 Å². The number of oxazole rings is 2. The summed E-state index contributed by atoms with van der Waals surface area (Å²) in [6.45, 7) is 3.79.